The fourth-order valence-electron chi connectivity index (χ4n) is 2.18. The summed E-state index contributed by atoms with van der Waals surface area (Å²) in [5.74, 6) is 2.33. The third-order valence-corrected chi connectivity index (χ3v) is 3.00. The third kappa shape index (κ3) is 3.54. The quantitative estimate of drug-likeness (QED) is 0.699. The molecule has 0 amide bonds. The number of rotatable bonds is 5. The maximum Gasteiger partial charge on any atom is 0.132 e. The molecule has 0 saturated carbocycles. The van der Waals surface area contributed by atoms with E-state index in [4.69, 9.17) is 5.11 Å². The predicted octanol–water partition coefficient (Wildman–Crippen LogP) is 0.305. The van der Waals surface area contributed by atoms with Crippen LogP contribution in [-0.2, 0) is 0 Å². The highest BCUT2D eigenvalue weighted by Gasteiger charge is 2.19. The zero-order valence-electron chi connectivity index (χ0n) is 11.0. The van der Waals surface area contributed by atoms with Crippen LogP contribution in [0.1, 0.15) is 12.2 Å². The van der Waals surface area contributed by atoms with Gasteiger partial charge in [0.05, 0.1) is 6.61 Å². The molecule has 0 aliphatic carbocycles. The van der Waals surface area contributed by atoms with Crippen LogP contribution in [0.5, 0.6) is 0 Å². The highest BCUT2D eigenvalue weighted by molar-refractivity contribution is 5.48. The molecular weight excluding hydrogens is 230 g/mol. The van der Waals surface area contributed by atoms with Crippen LogP contribution < -0.4 is 10.6 Å². The van der Waals surface area contributed by atoms with Gasteiger partial charge in [-0.25, -0.2) is 9.97 Å². The molecule has 1 unspecified atom stereocenters. The second-order valence-electron chi connectivity index (χ2n) is 4.73. The molecule has 0 aromatic carbocycles. The van der Waals surface area contributed by atoms with Crippen molar-refractivity contribution in [3.8, 4) is 0 Å². The zero-order valence-corrected chi connectivity index (χ0v) is 11.0. The molecule has 6 heteroatoms. The molecule has 0 spiro atoms. The monoisotopic (exact) mass is 251 g/mol. The molecule has 18 heavy (non-hydrogen) atoms. The maximum atomic E-state index is 8.80. The Morgan fingerprint density at radius 2 is 2.22 bits per heavy atom. The number of nitrogens with zero attached hydrogens (tertiary/aromatic N) is 3. The lowest BCUT2D eigenvalue weighted by atomic mass is 10.2. The molecule has 1 saturated heterocycles. The standard InChI is InChI=1S/C12H21N5O/c1-9-14-11(13-4-6-18)7-12(15-9)16-10-3-5-17(2)8-10/h7,10,18H,3-6,8H2,1-2H3,(H2,13,14,15,16). The summed E-state index contributed by atoms with van der Waals surface area (Å²) in [6.07, 6.45) is 1.14. The zero-order chi connectivity index (χ0) is 13.0. The van der Waals surface area contributed by atoms with Crippen LogP contribution in [0.15, 0.2) is 6.07 Å². The summed E-state index contributed by atoms with van der Waals surface area (Å²) in [6, 6.07) is 2.34. The van der Waals surface area contributed by atoms with Gasteiger partial charge in [0.15, 0.2) is 0 Å². The van der Waals surface area contributed by atoms with Gasteiger partial charge < -0.3 is 20.6 Å². The topological polar surface area (TPSA) is 73.3 Å². The van der Waals surface area contributed by atoms with Crippen LogP contribution in [0.25, 0.3) is 0 Å². The molecule has 1 aromatic heterocycles. The summed E-state index contributed by atoms with van der Waals surface area (Å²) < 4.78 is 0. The highest BCUT2D eigenvalue weighted by atomic mass is 16.3. The van der Waals surface area contributed by atoms with Gasteiger partial charge in [-0.1, -0.05) is 0 Å². The average Bonchev–Trinajstić information content (AvgIpc) is 2.71. The molecule has 1 aliphatic rings. The number of anilines is 2. The minimum absolute atomic E-state index is 0.0965. The number of aromatic nitrogens is 2. The minimum Gasteiger partial charge on any atom is -0.395 e. The molecule has 100 valence electrons. The fourth-order valence-corrected chi connectivity index (χ4v) is 2.18. The van der Waals surface area contributed by atoms with E-state index in [1.54, 1.807) is 0 Å². The SMILES string of the molecule is Cc1nc(NCCO)cc(NC2CCN(C)C2)n1. The second kappa shape index (κ2) is 5.97. The van der Waals surface area contributed by atoms with Crippen molar-refractivity contribution in [1.82, 2.24) is 14.9 Å². The summed E-state index contributed by atoms with van der Waals surface area (Å²) in [7, 11) is 2.13. The molecule has 1 atom stereocenters. The normalized spacial score (nSPS) is 20.1. The molecule has 0 bridgehead atoms. The first kappa shape index (κ1) is 13.0. The van der Waals surface area contributed by atoms with Crippen molar-refractivity contribution in [1.29, 1.82) is 0 Å². The van der Waals surface area contributed by atoms with E-state index in [9.17, 15) is 0 Å². The van der Waals surface area contributed by atoms with Crippen LogP contribution in [-0.4, -0.2) is 59.3 Å². The van der Waals surface area contributed by atoms with Gasteiger partial charge in [-0.3, -0.25) is 0 Å². The number of aliphatic hydroxyl groups excluding tert-OH is 1. The summed E-state index contributed by atoms with van der Waals surface area (Å²) >= 11 is 0. The number of aryl methyl sites for hydroxylation is 1. The Morgan fingerprint density at radius 3 is 2.89 bits per heavy atom. The van der Waals surface area contributed by atoms with Gasteiger partial charge >= 0.3 is 0 Å². The van der Waals surface area contributed by atoms with Crippen molar-refractivity contribution in [3.63, 3.8) is 0 Å². The predicted molar refractivity (Wildman–Crippen MR) is 71.9 cm³/mol. The second-order valence-corrected chi connectivity index (χ2v) is 4.73. The van der Waals surface area contributed by atoms with Crippen molar-refractivity contribution >= 4 is 11.6 Å². The molecule has 1 aliphatic heterocycles. The fraction of sp³-hybridized carbons (Fsp3) is 0.667. The third-order valence-electron chi connectivity index (χ3n) is 3.00. The number of likely N-dealkylation sites (N-methyl/N-ethyl adjacent to an activating group) is 1. The molecule has 1 aromatic rings. The van der Waals surface area contributed by atoms with Crippen LogP contribution in [0.2, 0.25) is 0 Å². The smallest absolute Gasteiger partial charge is 0.132 e. The summed E-state index contributed by atoms with van der Waals surface area (Å²) in [5.41, 5.74) is 0. The van der Waals surface area contributed by atoms with Crippen LogP contribution in [0, 0.1) is 6.92 Å². The average molecular weight is 251 g/mol. The van der Waals surface area contributed by atoms with Crippen LogP contribution >= 0.6 is 0 Å². The number of likely N-dealkylation sites (tertiary alicyclic amines) is 1. The minimum atomic E-state index is 0.0965. The van der Waals surface area contributed by atoms with Crippen LogP contribution in [0.4, 0.5) is 11.6 Å². The molecule has 1 fully saturated rings. The van der Waals surface area contributed by atoms with Crippen molar-refractivity contribution in [2.24, 2.45) is 0 Å². The lowest BCUT2D eigenvalue weighted by Gasteiger charge is -2.14. The first-order chi connectivity index (χ1) is 8.67. The Labute approximate surface area is 107 Å². The number of aliphatic hydroxyl groups is 1. The number of nitrogens with one attached hydrogen (secondary N) is 2. The lowest BCUT2D eigenvalue weighted by Crippen LogP contribution is -2.24. The van der Waals surface area contributed by atoms with Gasteiger partial charge in [0.1, 0.15) is 17.5 Å². The summed E-state index contributed by atoms with van der Waals surface area (Å²) in [4.78, 5) is 11.0. The van der Waals surface area contributed by atoms with Gasteiger partial charge in [-0.15, -0.1) is 0 Å². The van der Waals surface area contributed by atoms with Gasteiger partial charge in [0.25, 0.3) is 0 Å². The van der Waals surface area contributed by atoms with Crippen molar-refractivity contribution < 1.29 is 5.11 Å². The molecule has 2 rings (SSSR count). The lowest BCUT2D eigenvalue weighted by molar-refractivity contribution is 0.311. The Kier molecular flexibility index (Phi) is 4.33. The van der Waals surface area contributed by atoms with E-state index in [0.717, 1.165) is 37.0 Å². The Hall–Kier alpha value is -1.40. The Bertz CT molecular complexity index is 398. The van der Waals surface area contributed by atoms with Crippen LogP contribution in [0.3, 0.4) is 0 Å². The maximum absolute atomic E-state index is 8.80. The van der Waals surface area contributed by atoms with Crippen molar-refractivity contribution in [2.45, 2.75) is 19.4 Å². The highest BCUT2D eigenvalue weighted by Crippen LogP contribution is 2.15. The molecule has 2 heterocycles. The van der Waals surface area contributed by atoms with Gasteiger partial charge in [-0.05, 0) is 26.9 Å². The largest absolute Gasteiger partial charge is 0.395 e. The Balaban J connectivity index is 2.00. The first-order valence-electron chi connectivity index (χ1n) is 6.33. The van der Waals surface area contributed by atoms with Crippen molar-refractivity contribution in [3.05, 3.63) is 11.9 Å². The van der Waals surface area contributed by atoms with E-state index in [1.165, 1.54) is 0 Å². The van der Waals surface area contributed by atoms with E-state index in [2.05, 4.69) is 32.5 Å². The van der Waals surface area contributed by atoms with E-state index in [1.807, 2.05) is 13.0 Å². The van der Waals surface area contributed by atoms with Gasteiger partial charge in [0, 0.05) is 25.2 Å². The molecule has 6 nitrogen and oxygen atoms in total. The van der Waals surface area contributed by atoms with Gasteiger partial charge in [-0.2, -0.15) is 0 Å². The first-order valence-corrected chi connectivity index (χ1v) is 6.33. The number of hydrogen-bond donors (Lipinski definition) is 3. The molecule has 3 N–H and O–H groups in total. The van der Waals surface area contributed by atoms with E-state index in [-0.39, 0.29) is 6.61 Å². The number of hydrogen-bond acceptors (Lipinski definition) is 6. The van der Waals surface area contributed by atoms with Gasteiger partial charge in [0.2, 0.25) is 0 Å². The Morgan fingerprint density at radius 1 is 1.44 bits per heavy atom. The molecule has 0 radical (unpaired) electrons. The molecular formula is C12H21N5O. The summed E-state index contributed by atoms with van der Waals surface area (Å²) in [5, 5.41) is 15.3. The van der Waals surface area contributed by atoms with E-state index < -0.39 is 0 Å². The van der Waals surface area contributed by atoms with E-state index in [0.29, 0.717) is 12.6 Å². The van der Waals surface area contributed by atoms with E-state index >= 15 is 0 Å². The van der Waals surface area contributed by atoms with Crippen molar-refractivity contribution in [2.75, 3.05) is 43.9 Å². The summed E-state index contributed by atoms with van der Waals surface area (Å²) in [6.45, 7) is 4.64.